The molecule has 6 nitrogen and oxygen atoms in total. The summed E-state index contributed by atoms with van der Waals surface area (Å²) in [6.45, 7) is 8.04. The van der Waals surface area contributed by atoms with Gasteiger partial charge in [-0.2, -0.15) is 4.31 Å². The van der Waals surface area contributed by atoms with Crippen LogP contribution in [-0.2, 0) is 19.9 Å². The maximum atomic E-state index is 12.9. The minimum Gasteiger partial charge on any atom is -0.300 e. The zero-order valence-corrected chi connectivity index (χ0v) is 16.4. The SMILES string of the molecule is Cc1cc(C)c(S(=O)(=O)N2CCN(CCS(C)(=O)=O)CC2)cc1C. The highest BCUT2D eigenvalue weighted by atomic mass is 32.2. The van der Waals surface area contributed by atoms with Gasteiger partial charge in [0.1, 0.15) is 9.84 Å². The number of hydrogen-bond donors (Lipinski definition) is 0. The standard InChI is InChI=1S/C16H26N2O4S2/c1-13-11-15(3)16(12-14(13)2)24(21,22)18-7-5-17(6-8-18)9-10-23(4,19)20/h11-12H,5-10H2,1-4H3. The molecule has 2 rings (SSSR count). The average Bonchev–Trinajstić information content (AvgIpc) is 2.48. The van der Waals surface area contributed by atoms with E-state index in [1.165, 1.54) is 10.6 Å². The lowest BCUT2D eigenvalue weighted by atomic mass is 10.1. The summed E-state index contributed by atoms with van der Waals surface area (Å²) in [5, 5.41) is 0. The van der Waals surface area contributed by atoms with Crippen LogP contribution >= 0.6 is 0 Å². The summed E-state index contributed by atoms with van der Waals surface area (Å²) in [6, 6.07) is 3.65. The summed E-state index contributed by atoms with van der Waals surface area (Å²) < 4.78 is 49.8. The Labute approximate surface area is 145 Å². The summed E-state index contributed by atoms with van der Waals surface area (Å²) >= 11 is 0. The van der Waals surface area contributed by atoms with E-state index in [9.17, 15) is 16.8 Å². The first-order valence-electron chi connectivity index (χ1n) is 7.99. The van der Waals surface area contributed by atoms with Crippen LogP contribution in [-0.4, -0.2) is 70.8 Å². The zero-order chi connectivity index (χ0) is 18.1. The first-order valence-corrected chi connectivity index (χ1v) is 11.5. The second-order valence-electron chi connectivity index (χ2n) is 6.58. The van der Waals surface area contributed by atoms with Crippen LogP contribution in [0.4, 0.5) is 0 Å². The molecule has 24 heavy (non-hydrogen) atoms. The van der Waals surface area contributed by atoms with Crippen molar-refractivity contribution in [3.63, 3.8) is 0 Å². The Morgan fingerprint density at radius 2 is 1.42 bits per heavy atom. The first-order chi connectivity index (χ1) is 11.0. The Morgan fingerprint density at radius 1 is 0.875 bits per heavy atom. The third-order valence-corrected chi connectivity index (χ3v) is 7.48. The van der Waals surface area contributed by atoms with E-state index >= 15 is 0 Å². The molecule has 8 heteroatoms. The molecular weight excluding hydrogens is 348 g/mol. The lowest BCUT2D eigenvalue weighted by molar-refractivity contribution is 0.197. The van der Waals surface area contributed by atoms with Gasteiger partial charge in [0.2, 0.25) is 10.0 Å². The van der Waals surface area contributed by atoms with E-state index in [0.717, 1.165) is 16.7 Å². The summed E-state index contributed by atoms with van der Waals surface area (Å²) in [7, 11) is -6.51. The van der Waals surface area contributed by atoms with Crippen molar-refractivity contribution < 1.29 is 16.8 Å². The molecule has 0 aliphatic carbocycles. The number of aryl methyl sites for hydroxylation is 3. The van der Waals surface area contributed by atoms with Crippen LogP contribution in [0.3, 0.4) is 0 Å². The molecule has 1 heterocycles. The molecule has 0 saturated carbocycles. The predicted molar refractivity (Wildman–Crippen MR) is 95.6 cm³/mol. The van der Waals surface area contributed by atoms with Crippen LogP contribution in [0.1, 0.15) is 16.7 Å². The van der Waals surface area contributed by atoms with Gasteiger partial charge in [-0.25, -0.2) is 16.8 Å². The van der Waals surface area contributed by atoms with Gasteiger partial charge in [0, 0.05) is 39.0 Å². The van der Waals surface area contributed by atoms with E-state index in [1.807, 2.05) is 31.7 Å². The van der Waals surface area contributed by atoms with Crippen molar-refractivity contribution in [1.82, 2.24) is 9.21 Å². The number of hydrogen-bond acceptors (Lipinski definition) is 5. The van der Waals surface area contributed by atoms with Gasteiger partial charge in [0.25, 0.3) is 0 Å². The van der Waals surface area contributed by atoms with E-state index in [2.05, 4.69) is 0 Å². The number of nitrogens with zero attached hydrogens (tertiary/aromatic N) is 2. The Morgan fingerprint density at radius 3 is 1.96 bits per heavy atom. The van der Waals surface area contributed by atoms with Crippen LogP contribution in [0.25, 0.3) is 0 Å². The fraction of sp³-hybridized carbons (Fsp3) is 0.625. The normalized spacial score (nSPS) is 18.0. The van der Waals surface area contributed by atoms with Crippen molar-refractivity contribution in [2.75, 3.05) is 44.7 Å². The van der Waals surface area contributed by atoms with Gasteiger partial charge in [0.05, 0.1) is 10.6 Å². The Kier molecular flexibility index (Phi) is 5.74. The highest BCUT2D eigenvalue weighted by molar-refractivity contribution is 7.90. The van der Waals surface area contributed by atoms with Gasteiger partial charge in [-0.05, 0) is 43.5 Å². The van der Waals surface area contributed by atoms with E-state index in [1.54, 1.807) is 6.07 Å². The molecule has 136 valence electrons. The molecule has 1 saturated heterocycles. The van der Waals surface area contributed by atoms with Crippen LogP contribution < -0.4 is 0 Å². The number of piperazine rings is 1. The maximum Gasteiger partial charge on any atom is 0.243 e. The lowest BCUT2D eigenvalue weighted by Gasteiger charge is -2.34. The number of sulfonamides is 1. The van der Waals surface area contributed by atoms with Gasteiger partial charge in [-0.3, -0.25) is 4.90 Å². The summed E-state index contributed by atoms with van der Waals surface area (Å²) in [6.07, 6.45) is 1.22. The molecule has 1 aromatic carbocycles. The average molecular weight is 375 g/mol. The van der Waals surface area contributed by atoms with Crippen molar-refractivity contribution >= 4 is 19.9 Å². The Hall–Kier alpha value is -0.960. The maximum absolute atomic E-state index is 12.9. The third kappa shape index (κ3) is 4.56. The number of rotatable bonds is 5. The van der Waals surface area contributed by atoms with Gasteiger partial charge >= 0.3 is 0 Å². The summed E-state index contributed by atoms with van der Waals surface area (Å²) in [5.41, 5.74) is 2.81. The molecule has 0 radical (unpaired) electrons. The van der Waals surface area contributed by atoms with Crippen molar-refractivity contribution in [3.8, 4) is 0 Å². The molecule has 0 atom stereocenters. The quantitative estimate of drug-likeness (QED) is 0.767. The van der Waals surface area contributed by atoms with Crippen LogP contribution in [0.5, 0.6) is 0 Å². The van der Waals surface area contributed by atoms with Crippen LogP contribution in [0.2, 0.25) is 0 Å². The first kappa shape index (κ1) is 19.4. The molecule has 1 aromatic rings. The lowest BCUT2D eigenvalue weighted by Crippen LogP contribution is -2.49. The highest BCUT2D eigenvalue weighted by Gasteiger charge is 2.30. The number of sulfone groups is 1. The fourth-order valence-electron chi connectivity index (χ4n) is 2.84. The van der Waals surface area contributed by atoms with E-state index in [-0.39, 0.29) is 5.75 Å². The molecule has 0 unspecified atom stereocenters. The molecule has 0 amide bonds. The molecule has 1 fully saturated rings. The van der Waals surface area contributed by atoms with Crippen LogP contribution in [0, 0.1) is 20.8 Å². The fourth-order valence-corrected chi connectivity index (χ4v) is 5.14. The molecule has 1 aliphatic heterocycles. The molecule has 1 aliphatic rings. The zero-order valence-electron chi connectivity index (χ0n) is 14.7. The van der Waals surface area contributed by atoms with E-state index < -0.39 is 19.9 Å². The van der Waals surface area contributed by atoms with Gasteiger partial charge < -0.3 is 0 Å². The van der Waals surface area contributed by atoms with Gasteiger partial charge in [-0.1, -0.05) is 6.07 Å². The topological polar surface area (TPSA) is 74.8 Å². The second kappa shape index (κ2) is 7.11. The van der Waals surface area contributed by atoms with Gasteiger partial charge in [-0.15, -0.1) is 0 Å². The minimum absolute atomic E-state index is 0.107. The molecular formula is C16H26N2O4S2. The predicted octanol–water partition coefficient (Wildman–Crippen LogP) is 0.963. The summed E-state index contributed by atoms with van der Waals surface area (Å²) in [5.74, 6) is 0.107. The van der Waals surface area contributed by atoms with Crippen molar-refractivity contribution in [2.45, 2.75) is 25.7 Å². The van der Waals surface area contributed by atoms with Crippen molar-refractivity contribution in [1.29, 1.82) is 0 Å². The molecule has 0 N–H and O–H groups in total. The van der Waals surface area contributed by atoms with Gasteiger partial charge in [0.15, 0.2) is 0 Å². The molecule has 0 aromatic heterocycles. The second-order valence-corrected chi connectivity index (χ2v) is 10.7. The monoisotopic (exact) mass is 374 g/mol. The van der Waals surface area contributed by atoms with E-state index in [0.29, 0.717) is 37.6 Å². The van der Waals surface area contributed by atoms with Crippen LogP contribution in [0.15, 0.2) is 17.0 Å². The third-order valence-electron chi connectivity index (χ3n) is 4.52. The highest BCUT2D eigenvalue weighted by Crippen LogP contribution is 2.24. The van der Waals surface area contributed by atoms with Crippen molar-refractivity contribution in [3.05, 3.63) is 28.8 Å². The smallest absolute Gasteiger partial charge is 0.243 e. The van der Waals surface area contributed by atoms with Crippen molar-refractivity contribution in [2.24, 2.45) is 0 Å². The van der Waals surface area contributed by atoms with E-state index in [4.69, 9.17) is 0 Å². The Bertz CT molecular complexity index is 809. The molecule has 0 spiro atoms. The number of benzene rings is 1. The largest absolute Gasteiger partial charge is 0.300 e. The summed E-state index contributed by atoms with van der Waals surface area (Å²) in [4.78, 5) is 2.37. The molecule has 0 bridgehead atoms. The Balaban J connectivity index is 2.09. The minimum atomic E-state index is -3.51.